The Labute approximate surface area is 112 Å². The molecule has 0 radical (unpaired) electrons. The Morgan fingerprint density at radius 1 is 1.33 bits per heavy atom. The maximum absolute atomic E-state index is 6.25. The maximum atomic E-state index is 6.25. The molecule has 0 atom stereocenters. The van der Waals surface area contributed by atoms with E-state index in [2.05, 4.69) is 12.1 Å². The molecule has 2 aromatic rings. The van der Waals surface area contributed by atoms with Crippen molar-refractivity contribution < 1.29 is 4.52 Å². The number of hydrogen-bond donors (Lipinski definition) is 0. The van der Waals surface area contributed by atoms with E-state index in [1.165, 1.54) is 18.4 Å². The minimum Gasteiger partial charge on any atom is -0.360 e. The first-order chi connectivity index (χ1) is 8.81. The first-order valence-corrected chi connectivity index (χ1v) is 6.92. The second-order valence-corrected chi connectivity index (χ2v) is 5.29. The Hall–Kier alpha value is -1.28. The van der Waals surface area contributed by atoms with Crippen LogP contribution in [-0.4, -0.2) is 5.16 Å². The van der Waals surface area contributed by atoms with Crippen LogP contribution < -0.4 is 0 Å². The van der Waals surface area contributed by atoms with Crippen molar-refractivity contribution in [2.24, 2.45) is 0 Å². The zero-order valence-electron chi connectivity index (χ0n) is 10.4. The van der Waals surface area contributed by atoms with Gasteiger partial charge in [-0.3, -0.25) is 0 Å². The van der Waals surface area contributed by atoms with E-state index >= 15 is 0 Å². The second-order valence-electron chi connectivity index (χ2n) is 4.88. The Morgan fingerprint density at radius 2 is 2.11 bits per heavy atom. The fourth-order valence-electron chi connectivity index (χ4n) is 2.34. The van der Waals surface area contributed by atoms with E-state index in [1.54, 1.807) is 0 Å². The molecule has 1 aromatic carbocycles. The van der Waals surface area contributed by atoms with Gasteiger partial charge in [-0.2, -0.15) is 0 Å². The first kappa shape index (κ1) is 11.8. The summed E-state index contributed by atoms with van der Waals surface area (Å²) >= 11 is 6.25. The lowest BCUT2D eigenvalue weighted by molar-refractivity contribution is 0.384. The van der Waals surface area contributed by atoms with E-state index in [-0.39, 0.29) is 0 Å². The third-order valence-electron chi connectivity index (χ3n) is 3.40. The topological polar surface area (TPSA) is 26.0 Å². The standard InChI is InChI=1S/C15H16ClNO/c1-2-5-12-14(11-6-3-4-7-13(11)16)17-18-15(12)10-8-9-10/h3-4,6-7,10H,2,5,8-9H2,1H3. The van der Waals surface area contributed by atoms with Gasteiger partial charge < -0.3 is 4.52 Å². The van der Waals surface area contributed by atoms with E-state index in [4.69, 9.17) is 16.1 Å². The molecule has 0 spiro atoms. The van der Waals surface area contributed by atoms with Gasteiger partial charge in [0.15, 0.2) is 0 Å². The van der Waals surface area contributed by atoms with Crippen molar-refractivity contribution >= 4 is 11.6 Å². The van der Waals surface area contributed by atoms with Crippen LogP contribution in [-0.2, 0) is 6.42 Å². The highest BCUT2D eigenvalue weighted by Crippen LogP contribution is 2.44. The van der Waals surface area contributed by atoms with Crippen LogP contribution in [0.1, 0.15) is 43.4 Å². The lowest BCUT2D eigenvalue weighted by Crippen LogP contribution is -1.91. The molecular weight excluding hydrogens is 246 g/mol. The Morgan fingerprint density at radius 3 is 2.78 bits per heavy atom. The molecule has 94 valence electrons. The predicted molar refractivity (Wildman–Crippen MR) is 72.9 cm³/mol. The van der Waals surface area contributed by atoms with Gasteiger partial charge in [0, 0.05) is 17.0 Å². The maximum Gasteiger partial charge on any atom is 0.143 e. The Kier molecular flexibility index (Phi) is 3.13. The van der Waals surface area contributed by atoms with Gasteiger partial charge in [0.05, 0.1) is 5.02 Å². The highest BCUT2D eigenvalue weighted by Gasteiger charge is 2.32. The number of hydrogen-bond acceptors (Lipinski definition) is 2. The van der Waals surface area contributed by atoms with Gasteiger partial charge in [0.2, 0.25) is 0 Å². The van der Waals surface area contributed by atoms with E-state index in [0.717, 1.165) is 34.9 Å². The van der Waals surface area contributed by atoms with Crippen molar-refractivity contribution in [1.29, 1.82) is 0 Å². The number of nitrogens with zero attached hydrogens (tertiary/aromatic N) is 1. The molecule has 18 heavy (non-hydrogen) atoms. The monoisotopic (exact) mass is 261 g/mol. The molecule has 1 saturated carbocycles. The predicted octanol–water partition coefficient (Wildman–Crippen LogP) is 4.82. The van der Waals surface area contributed by atoms with E-state index in [1.807, 2.05) is 24.3 Å². The molecule has 1 aliphatic carbocycles. The fourth-order valence-corrected chi connectivity index (χ4v) is 2.57. The molecule has 3 heteroatoms. The molecule has 1 fully saturated rings. The molecule has 0 aliphatic heterocycles. The molecule has 0 bridgehead atoms. The van der Waals surface area contributed by atoms with Crippen LogP contribution in [0.15, 0.2) is 28.8 Å². The number of benzene rings is 1. The van der Waals surface area contributed by atoms with Crippen LogP contribution in [0.4, 0.5) is 0 Å². The fraction of sp³-hybridized carbons (Fsp3) is 0.400. The zero-order valence-corrected chi connectivity index (χ0v) is 11.2. The van der Waals surface area contributed by atoms with Gasteiger partial charge in [0.1, 0.15) is 11.5 Å². The first-order valence-electron chi connectivity index (χ1n) is 6.54. The number of halogens is 1. The second kappa shape index (κ2) is 4.77. The lowest BCUT2D eigenvalue weighted by Gasteiger charge is -2.03. The van der Waals surface area contributed by atoms with E-state index < -0.39 is 0 Å². The molecule has 1 heterocycles. The Balaban J connectivity index is 2.08. The van der Waals surface area contributed by atoms with Crippen LogP contribution >= 0.6 is 11.6 Å². The van der Waals surface area contributed by atoms with Gasteiger partial charge in [0.25, 0.3) is 0 Å². The van der Waals surface area contributed by atoms with Crippen LogP contribution in [0.3, 0.4) is 0 Å². The molecule has 3 rings (SSSR count). The molecule has 1 aromatic heterocycles. The normalized spacial score (nSPS) is 15.0. The van der Waals surface area contributed by atoms with Gasteiger partial charge in [-0.15, -0.1) is 0 Å². The molecule has 0 N–H and O–H groups in total. The Bertz CT molecular complexity index is 557. The summed E-state index contributed by atoms with van der Waals surface area (Å²) < 4.78 is 5.57. The van der Waals surface area contributed by atoms with Crippen LogP contribution in [0.25, 0.3) is 11.3 Å². The summed E-state index contributed by atoms with van der Waals surface area (Å²) in [5, 5.41) is 5.01. The van der Waals surface area contributed by atoms with Crippen LogP contribution in [0.2, 0.25) is 5.02 Å². The van der Waals surface area contributed by atoms with Gasteiger partial charge in [-0.1, -0.05) is 48.3 Å². The smallest absolute Gasteiger partial charge is 0.143 e. The highest BCUT2D eigenvalue weighted by molar-refractivity contribution is 6.33. The van der Waals surface area contributed by atoms with Crippen molar-refractivity contribution in [3.05, 3.63) is 40.6 Å². The van der Waals surface area contributed by atoms with Crippen LogP contribution in [0.5, 0.6) is 0 Å². The lowest BCUT2D eigenvalue weighted by atomic mass is 10.0. The van der Waals surface area contributed by atoms with E-state index in [0.29, 0.717) is 5.92 Å². The van der Waals surface area contributed by atoms with Crippen molar-refractivity contribution in [3.8, 4) is 11.3 Å². The summed E-state index contributed by atoms with van der Waals surface area (Å²) in [6.07, 6.45) is 4.57. The van der Waals surface area contributed by atoms with Crippen molar-refractivity contribution in [2.75, 3.05) is 0 Å². The third kappa shape index (κ3) is 2.05. The molecular formula is C15H16ClNO. The minimum atomic E-state index is 0.593. The summed E-state index contributed by atoms with van der Waals surface area (Å²) in [7, 11) is 0. The molecule has 2 nitrogen and oxygen atoms in total. The molecule has 0 amide bonds. The summed E-state index contributed by atoms with van der Waals surface area (Å²) in [6, 6.07) is 7.84. The molecule has 0 saturated heterocycles. The number of aromatic nitrogens is 1. The minimum absolute atomic E-state index is 0.593. The SMILES string of the molecule is CCCc1c(-c2ccccc2Cl)noc1C1CC1. The summed E-state index contributed by atoms with van der Waals surface area (Å²) in [6.45, 7) is 2.18. The zero-order chi connectivity index (χ0) is 12.5. The van der Waals surface area contributed by atoms with E-state index in [9.17, 15) is 0 Å². The summed E-state index contributed by atoms with van der Waals surface area (Å²) in [5.74, 6) is 1.68. The average Bonchev–Trinajstić information content (AvgIpc) is 3.13. The highest BCUT2D eigenvalue weighted by atomic mass is 35.5. The van der Waals surface area contributed by atoms with Crippen molar-refractivity contribution in [1.82, 2.24) is 5.16 Å². The van der Waals surface area contributed by atoms with Gasteiger partial charge in [-0.25, -0.2) is 0 Å². The third-order valence-corrected chi connectivity index (χ3v) is 3.73. The quantitative estimate of drug-likeness (QED) is 0.788. The molecule has 1 aliphatic rings. The van der Waals surface area contributed by atoms with Crippen molar-refractivity contribution in [3.63, 3.8) is 0 Å². The molecule has 0 unspecified atom stereocenters. The van der Waals surface area contributed by atoms with Gasteiger partial charge >= 0.3 is 0 Å². The van der Waals surface area contributed by atoms with Crippen molar-refractivity contribution in [2.45, 2.75) is 38.5 Å². The largest absolute Gasteiger partial charge is 0.360 e. The summed E-state index contributed by atoms with van der Waals surface area (Å²) in [5.41, 5.74) is 3.18. The number of rotatable bonds is 4. The summed E-state index contributed by atoms with van der Waals surface area (Å²) in [4.78, 5) is 0. The van der Waals surface area contributed by atoms with Gasteiger partial charge in [-0.05, 0) is 25.3 Å². The van der Waals surface area contributed by atoms with Crippen LogP contribution in [0, 0.1) is 0 Å². The average molecular weight is 262 g/mol.